The number of rotatable bonds is 7. The summed E-state index contributed by atoms with van der Waals surface area (Å²) in [5.74, 6) is -0.297. The van der Waals surface area contributed by atoms with E-state index in [9.17, 15) is 9.59 Å². The number of hydrogen-bond donors (Lipinski definition) is 1. The van der Waals surface area contributed by atoms with Gasteiger partial charge in [-0.3, -0.25) is 9.59 Å². The summed E-state index contributed by atoms with van der Waals surface area (Å²) in [5, 5.41) is 4.02. The second-order valence-corrected chi connectivity index (χ2v) is 8.87. The Bertz CT molecular complexity index is 890. The molecule has 1 aliphatic carbocycles. The van der Waals surface area contributed by atoms with E-state index in [2.05, 4.69) is 5.32 Å². The van der Waals surface area contributed by atoms with E-state index in [1.54, 1.807) is 30.0 Å². The molecule has 0 aromatic heterocycles. The van der Waals surface area contributed by atoms with E-state index in [1.165, 1.54) is 0 Å². The van der Waals surface area contributed by atoms with Crippen molar-refractivity contribution < 1.29 is 9.59 Å². The lowest BCUT2D eigenvalue weighted by molar-refractivity contribution is -0.140. The minimum absolute atomic E-state index is 0.0470. The monoisotopic (exact) mass is 446 g/mol. The fourth-order valence-electron chi connectivity index (χ4n) is 3.94. The summed E-state index contributed by atoms with van der Waals surface area (Å²) in [6, 6.07) is 12.8. The van der Waals surface area contributed by atoms with E-state index < -0.39 is 6.04 Å². The molecule has 2 aromatic carbocycles. The number of halogens is 2. The molecule has 6 heteroatoms. The van der Waals surface area contributed by atoms with Crippen LogP contribution < -0.4 is 5.32 Å². The Kier molecular flexibility index (Phi) is 7.79. The second-order valence-electron chi connectivity index (χ2n) is 8.05. The van der Waals surface area contributed by atoms with Gasteiger partial charge < -0.3 is 10.2 Å². The third-order valence-corrected chi connectivity index (χ3v) is 6.40. The molecule has 0 saturated heterocycles. The highest BCUT2D eigenvalue weighted by molar-refractivity contribution is 6.36. The third kappa shape index (κ3) is 5.77. The summed E-state index contributed by atoms with van der Waals surface area (Å²) in [6.45, 7) is 4.14. The number of nitrogens with zero attached hydrogens (tertiary/aromatic N) is 1. The molecular formula is C24H28Cl2N2O2. The molecule has 0 radical (unpaired) electrons. The van der Waals surface area contributed by atoms with Gasteiger partial charge in [0.2, 0.25) is 11.8 Å². The van der Waals surface area contributed by atoms with Crippen molar-refractivity contribution >= 4 is 35.0 Å². The topological polar surface area (TPSA) is 49.4 Å². The minimum Gasteiger partial charge on any atom is -0.352 e. The molecule has 0 heterocycles. The lowest BCUT2D eigenvalue weighted by Gasteiger charge is -2.30. The first-order valence-corrected chi connectivity index (χ1v) is 11.2. The predicted molar refractivity (Wildman–Crippen MR) is 122 cm³/mol. The van der Waals surface area contributed by atoms with Crippen LogP contribution in [0.25, 0.3) is 0 Å². The Labute approximate surface area is 188 Å². The number of carbonyl (C=O) groups excluding carboxylic acids is 2. The predicted octanol–water partition coefficient (Wildman–Crippen LogP) is 5.32. The van der Waals surface area contributed by atoms with Gasteiger partial charge in [0.05, 0.1) is 6.42 Å². The summed E-state index contributed by atoms with van der Waals surface area (Å²) in [5.41, 5.74) is 2.68. The van der Waals surface area contributed by atoms with Crippen LogP contribution >= 0.6 is 23.2 Å². The lowest BCUT2D eigenvalue weighted by atomic mass is 10.1. The molecule has 0 aliphatic heterocycles. The molecule has 2 aromatic rings. The Morgan fingerprint density at radius 1 is 1.10 bits per heavy atom. The van der Waals surface area contributed by atoms with Crippen molar-refractivity contribution in [1.29, 1.82) is 0 Å². The number of aryl methyl sites for hydroxylation is 1. The van der Waals surface area contributed by atoms with Crippen LogP contribution in [-0.2, 0) is 22.6 Å². The number of benzene rings is 2. The van der Waals surface area contributed by atoms with Gasteiger partial charge in [-0.25, -0.2) is 0 Å². The SMILES string of the molecule is Cc1cccc(CN(C(=O)Cc2c(Cl)cccc2Cl)[C@@H](C)C(=O)NC2CCCC2)c1. The molecule has 3 rings (SSSR count). The highest BCUT2D eigenvalue weighted by atomic mass is 35.5. The molecule has 30 heavy (non-hydrogen) atoms. The quantitative estimate of drug-likeness (QED) is 0.625. The fourth-order valence-corrected chi connectivity index (χ4v) is 4.47. The molecular weight excluding hydrogens is 419 g/mol. The van der Waals surface area contributed by atoms with E-state index in [0.29, 0.717) is 22.2 Å². The average Bonchev–Trinajstić information content (AvgIpc) is 3.21. The number of hydrogen-bond acceptors (Lipinski definition) is 2. The van der Waals surface area contributed by atoms with Gasteiger partial charge in [0.15, 0.2) is 0 Å². The summed E-state index contributed by atoms with van der Waals surface area (Å²) < 4.78 is 0. The van der Waals surface area contributed by atoms with Gasteiger partial charge in [-0.15, -0.1) is 0 Å². The zero-order valence-electron chi connectivity index (χ0n) is 17.5. The Morgan fingerprint density at radius 2 is 1.73 bits per heavy atom. The van der Waals surface area contributed by atoms with Crippen molar-refractivity contribution in [3.8, 4) is 0 Å². The van der Waals surface area contributed by atoms with Crippen LogP contribution in [-0.4, -0.2) is 28.8 Å². The molecule has 160 valence electrons. The second kappa shape index (κ2) is 10.3. The van der Waals surface area contributed by atoms with Gasteiger partial charge in [-0.2, -0.15) is 0 Å². The van der Waals surface area contributed by atoms with Crippen LogP contribution in [0.1, 0.15) is 49.3 Å². The van der Waals surface area contributed by atoms with E-state index in [-0.39, 0.29) is 24.3 Å². The average molecular weight is 447 g/mol. The zero-order valence-corrected chi connectivity index (χ0v) is 19.0. The Hall–Kier alpha value is -2.04. The van der Waals surface area contributed by atoms with Crippen molar-refractivity contribution in [3.05, 3.63) is 69.2 Å². The lowest BCUT2D eigenvalue weighted by Crippen LogP contribution is -2.50. The standard InChI is InChI=1S/C24H28Cl2N2O2/c1-16-7-5-8-18(13-16)15-28(17(2)24(30)27-19-9-3-4-10-19)23(29)14-20-21(25)11-6-12-22(20)26/h5-8,11-13,17,19H,3-4,9-10,14-15H2,1-2H3,(H,27,30)/t17-/m0/s1. The van der Waals surface area contributed by atoms with Crippen LogP contribution in [0.5, 0.6) is 0 Å². The first-order valence-electron chi connectivity index (χ1n) is 10.4. The van der Waals surface area contributed by atoms with E-state index >= 15 is 0 Å². The molecule has 1 N–H and O–H groups in total. The maximum atomic E-state index is 13.3. The van der Waals surface area contributed by atoms with Crippen molar-refractivity contribution in [2.24, 2.45) is 0 Å². The molecule has 2 amide bonds. The molecule has 4 nitrogen and oxygen atoms in total. The molecule has 1 aliphatic rings. The van der Waals surface area contributed by atoms with E-state index in [1.807, 2.05) is 31.2 Å². The molecule has 0 spiro atoms. The van der Waals surface area contributed by atoms with Crippen molar-refractivity contribution in [1.82, 2.24) is 10.2 Å². The minimum atomic E-state index is -0.597. The van der Waals surface area contributed by atoms with Gasteiger partial charge in [-0.05, 0) is 49.9 Å². The smallest absolute Gasteiger partial charge is 0.242 e. The van der Waals surface area contributed by atoms with Gasteiger partial charge in [0.1, 0.15) is 6.04 Å². The number of nitrogens with one attached hydrogen (secondary N) is 1. The molecule has 1 atom stereocenters. The van der Waals surface area contributed by atoms with Gasteiger partial charge in [0.25, 0.3) is 0 Å². The maximum absolute atomic E-state index is 13.3. The summed E-state index contributed by atoms with van der Waals surface area (Å²) in [4.78, 5) is 27.9. The van der Waals surface area contributed by atoms with Crippen molar-refractivity contribution in [2.45, 2.75) is 64.6 Å². The van der Waals surface area contributed by atoms with E-state index in [4.69, 9.17) is 23.2 Å². The van der Waals surface area contributed by atoms with Crippen LogP contribution in [0.15, 0.2) is 42.5 Å². The zero-order chi connectivity index (χ0) is 21.7. The number of amides is 2. The van der Waals surface area contributed by atoms with Crippen LogP contribution in [0.2, 0.25) is 10.0 Å². The highest BCUT2D eigenvalue weighted by Gasteiger charge is 2.29. The van der Waals surface area contributed by atoms with Gasteiger partial charge >= 0.3 is 0 Å². The fraction of sp³-hybridized carbons (Fsp3) is 0.417. The Balaban J connectivity index is 1.82. The van der Waals surface area contributed by atoms with Gasteiger partial charge in [-0.1, -0.05) is 71.9 Å². The first kappa shape index (κ1) is 22.6. The first-order chi connectivity index (χ1) is 14.3. The van der Waals surface area contributed by atoms with Crippen LogP contribution in [0.3, 0.4) is 0 Å². The summed E-state index contributed by atoms with van der Waals surface area (Å²) in [7, 11) is 0. The van der Waals surface area contributed by atoms with Crippen molar-refractivity contribution in [3.63, 3.8) is 0 Å². The highest BCUT2D eigenvalue weighted by Crippen LogP contribution is 2.26. The molecule has 1 fully saturated rings. The Morgan fingerprint density at radius 3 is 2.37 bits per heavy atom. The number of carbonyl (C=O) groups is 2. The van der Waals surface area contributed by atoms with Crippen LogP contribution in [0.4, 0.5) is 0 Å². The molecule has 1 saturated carbocycles. The summed E-state index contributed by atoms with van der Waals surface area (Å²) in [6.07, 6.45) is 4.32. The molecule has 0 unspecified atom stereocenters. The van der Waals surface area contributed by atoms with E-state index in [0.717, 1.165) is 36.8 Å². The molecule has 0 bridgehead atoms. The summed E-state index contributed by atoms with van der Waals surface area (Å²) >= 11 is 12.6. The van der Waals surface area contributed by atoms with Crippen LogP contribution in [0, 0.1) is 6.92 Å². The van der Waals surface area contributed by atoms with Crippen molar-refractivity contribution in [2.75, 3.05) is 0 Å². The third-order valence-electron chi connectivity index (χ3n) is 5.69. The largest absolute Gasteiger partial charge is 0.352 e. The normalized spacial score (nSPS) is 15.1. The van der Waals surface area contributed by atoms with Gasteiger partial charge in [0, 0.05) is 22.6 Å². The maximum Gasteiger partial charge on any atom is 0.242 e.